The molecule has 3 aromatic rings. The van der Waals surface area contributed by atoms with E-state index >= 15 is 0 Å². The Labute approximate surface area is 157 Å². The molecule has 0 saturated carbocycles. The number of rotatable bonds is 5. The fraction of sp³-hybridized carbons (Fsp3) is 0.211. The molecule has 0 aliphatic carbocycles. The zero-order chi connectivity index (χ0) is 20.3. The molecule has 0 fully saturated rings. The molecule has 0 aromatic carbocycles. The van der Waals surface area contributed by atoms with E-state index in [-0.39, 0.29) is 24.3 Å². The summed E-state index contributed by atoms with van der Waals surface area (Å²) < 4.78 is 43.7. The number of aromatic nitrogens is 2. The third kappa shape index (κ3) is 4.23. The van der Waals surface area contributed by atoms with Gasteiger partial charge in [-0.3, -0.25) is 4.79 Å². The first kappa shape index (κ1) is 19.2. The molecular formula is C19H15F3N4O2. The monoisotopic (exact) mass is 388 g/mol. The summed E-state index contributed by atoms with van der Waals surface area (Å²) in [4.78, 5) is 16.3. The molecule has 0 aliphatic heterocycles. The number of nitriles is 1. The molecule has 28 heavy (non-hydrogen) atoms. The summed E-state index contributed by atoms with van der Waals surface area (Å²) in [5.41, 5.74) is 6.87. The van der Waals surface area contributed by atoms with Crippen molar-refractivity contribution in [1.82, 2.24) is 9.55 Å². The summed E-state index contributed by atoms with van der Waals surface area (Å²) in [6.45, 7) is -0.0875. The van der Waals surface area contributed by atoms with E-state index in [1.54, 1.807) is 12.1 Å². The number of nitrogens with zero attached hydrogens (tertiary/aromatic N) is 3. The average Bonchev–Trinajstić information content (AvgIpc) is 3.17. The third-order valence-electron chi connectivity index (χ3n) is 4.08. The van der Waals surface area contributed by atoms with Gasteiger partial charge in [0.1, 0.15) is 17.6 Å². The Morgan fingerprint density at radius 1 is 1.29 bits per heavy atom. The van der Waals surface area contributed by atoms with Gasteiger partial charge in [-0.25, -0.2) is 4.98 Å². The van der Waals surface area contributed by atoms with E-state index in [4.69, 9.17) is 10.2 Å². The lowest BCUT2D eigenvalue weighted by Crippen LogP contribution is -2.20. The maximum absolute atomic E-state index is 12.4. The number of hydrogen-bond acceptors (Lipinski definition) is 5. The summed E-state index contributed by atoms with van der Waals surface area (Å²) in [6.07, 6.45) is -2.59. The zero-order valence-electron chi connectivity index (χ0n) is 14.5. The second-order valence-corrected chi connectivity index (χ2v) is 6.07. The van der Waals surface area contributed by atoms with Crippen LogP contribution in [0.4, 0.5) is 19.0 Å². The van der Waals surface area contributed by atoms with Crippen molar-refractivity contribution in [2.24, 2.45) is 0 Å². The lowest BCUT2D eigenvalue weighted by atomic mass is 10.0. The van der Waals surface area contributed by atoms with Gasteiger partial charge >= 0.3 is 6.18 Å². The van der Waals surface area contributed by atoms with E-state index in [2.05, 4.69) is 4.98 Å². The molecule has 3 heterocycles. The van der Waals surface area contributed by atoms with E-state index in [1.807, 2.05) is 6.07 Å². The SMILES string of the molecule is N#Cc1cc(-c2ccc(=O)n(CCCC(F)(F)F)c2)c(-c2ccco2)nc1N. The lowest BCUT2D eigenvalue weighted by molar-refractivity contribution is -0.135. The molecule has 144 valence electrons. The van der Waals surface area contributed by atoms with Crippen LogP contribution in [0.3, 0.4) is 0 Å². The second-order valence-electron chi connectivity index (χ2n) is 6.07. The van der Waals surface area contributed by atoms with E-state index in [9.17, 15) is 23.2 Å². The Morgan fingerprint density at radius 3 is 2.71 bits per heavy atom. The fourth-order valence-corrected chi connectivity index (χ4v) is 2.75. The van der Waals surface area contributed by atoms with Crippen LogP contribution < -0.4 is 11.3 Å². The standard InChI is InChI=1S/C19H15F3N4O2/c20-19(21,22)6-2-7-26-11-12(4-5-16(26)27)14-9-13(10-23)18(24)25-17(14)15-3-1-8-28-15/h1,3-5,8-9,11H,2,6-7H2,(H2,24,25). The van der Waals surface area contributed by atoms with Crippen LogP contribution in [0.25, 0.3) is 22.6 Å². The number of furan rings is 1. The molecule has 9 heteroatoms. The molecule has 0 atom stereocenters. The maximum Gasteiger partial charge on any atom is 0.389 e. The summed E-state index contributed by atoms with van der Waals surface area (Å²) in [5.74, 6) is 0.428. The van der Waals surface area contributed by atoms with Crippen molar-refractivity contribution in [3.63, 3.8) is 0 Å². The summed E-state index contributed by atoms with van der Waals surface area (Å²) in [5, 5.41) is 9.25. The summed E-state index contributed by atoms with van der Waals surface area (Å²) in [7, 11) is 0. The van der Waals surface area contributed by atoms with E-state index in [1.165, 1.54) is 35.2 Å². The number of anilines is 1. The number of halogens is 3. The number of aryl methyl sites for hydroxylation is 1. The van der Waals surface area contributed by atoms with Gasteiger partial charge in [-0.05, 0) is 30.7 Å². The van der Waals surface area contributed by atoms with Gasteiger partial charge in [0.05, 0.1) is 11.8 Å². The quantitative estimate of drug-likeness (QED) is 0.713. The van der Waals surface area contributed by atoms with Crippen molar-refractivity contribution in [2.75, 3.05) is 5.73 Å². The Balaban J connectivity index is 2.05. The molecule has 6 nitrogen and oxygen atoms in total. The van der Waals surface area contributed by atoms with Gasteiger partial charge in [0.25, 0.3) is 5.56 Å². The van der Waals surface area contributed by atoms with E-state index < -0.39 is 18.2 Å². The van der Waals surface area contributed by atoms with Crippen molar-refractivity contribution in [2.45, 2.75) is 25.6 Å². The minimum Gasteiger partial charge on any atom is -0.463 e. The number of nitrogens with two attached hydrogens (primary N) is 1. The molecule has 0 amide bonds. The van der Waals surface area contributed by atoms with Gasteiger partial charge < -0.3 is 14.7 Å². The van der Waals surface area contributed by atoms with Crippen LogP contribution in [0.2, 0.25) is 0 Å². The van der Waals surface area contributed by atoms with E-state index in [0.29, 0.717) is 22.6 Å². The normalized spacial score (nSPS) is 11.4. The molecule has 0 bridgehead atoms. The number of hydrogen-bond donors (Lipinski definition) is 1. The topological polar surface area (TPSA) is 97.8 Å². The minimum absolute atomic E-state index is 0.0242. The number of nitrogen functional groups attached to an aromatic ring is 1. The van der Waals surface area contributed by atoms with Crippen molar-refractivity contribution < 1.29 is 17.6 Å². The van der Waals surface area contributed by atoms with Gasteiger partial charge in [-0.15, -0.1) is 0 Å². The highest BCUT2D eigenvalue weighted by atomic mass is 19.4. The van der Waals surface area contributed by atoms with Crippen molar-refractivity contribution in [3.8, 4) is 28.7 Å². The summed E-state index contributed by atoms with van der Waals surface area (Å²) >= 11 is 0. The van der Waals surface area contributed by atoms with Crippen LogP contribution in [0, 0.1) is 11.3 Å². The van der Waals surface area contributed by atoms with Gasteiger partial charge in [0.2, 0.25) is 0 Å². The van der Waals surface area contributed by atoms with Gasteiger partial charge in [-0.1, -0.05) is 0 Å². The number of alkyl halides is 3. The second kappa shape index (κ2) is 7.60. The third-order valence-corrected chi connectivity index (χ3v) is 4.08. The van der Waals surface area contributed by atoms with Crippen LogP contribution in [-0.4, -0.2) is 15.7 Å². The summed E-state index contributed by atoms with van der Waals surface area (Å²) in [6, 6.07) is 9.56. The maximum atomic E-state index is 12.4. The molecule has 2 N–H and O–H groups in total. The predicted octanol–water partition coefficient (Wildman–Crippen LogP) is 3.97. The van der Waals surface area contributed by atoms with E-state index in [0.717, 1.165) is 0 Å². The molecule has 0 unspecified atom stereocenters. The predicted molar refractivity (Wildman–Crippen MR) is 96.1 cm³/mol. The molecule has 0 spiro atoms. The highest BCUT2D eigenvalue weighted by Crippen LogP contribution is 2.33. The van der Waals surface area contributed by atoms with Gasteiger partial charge in [-0.2, -0.15) is 18.4 Å². The highest BCUT2D eigenvalue weighted by molar-refractivity contribution is 5.81. The zero-order valence-corrected chi connectivity index (χ0v) is 14.5. The number of pyridine rings is 2. The Kier molecular flexibility index (Phi) is 5.22. The first-order chi connectivity index (χ1) is 13.3. The first-order valence-corrected chi connectivity index (χ1v) is 8.30. The van der Waals surface area contributed by atoms with Crippen LogP contribution >= 0.6 is 0 Å². The highest BCUT2D eigenvalue weighted by Gasteiger charge is 2.26. The van der Waals surface area contributed by atoms with Crippen LogP contribution in [-0.2, 0) is 6.54 Å². The molecule has 0 saturated heterocycles. The van der Waals surface area contributed by atoms with Crippen LogP contribution in [0.15, 0.2) is 52.0 Å². The molecule has 0 aliphatic rings. The van der Waals surface area contributed by atoms with Gasteiger partial charge in [0, 0.05) is 36.4 Å². The Bertz CT molecular complexity index is 1080. The minimum atomic E-state index is -4.28. The molecule has 3 rings (SSSR count). The molecule has 3 aromatic heterocycles. The van der Waals surface area contributed by atoms with Crippen molar-refractivity contribution >= 4 is 5.82 Å². The van der Waals surface area contributed by atoms with Crippen LogP contribution in [0.1, 0.15) is 18.4 Å². The average molecular weight is 388 g/mol. The van der Waals surface area contributed by atoms with Crippen LogP contribution in [0.5, 0.6) is 0 Å². The fourth-order valence-electron chi connectivity index (χ4n) is 2.75. The molecular weight excluding hydrogens is 373 g/mol. The Morgan fingerprint density at radius 2 is 2.07 bits per heavy atom. The lowest BCUT2D eigenvalue weighted by Gasteiger charge is -2.12. The first-order valence-electron chi connectivity index (χ1n) is 8.30. The van der Waals surface area contributed by atoms with Crippen molar-refractivity contribution in [1.29, 1.82) is 5.26 Å². The van der Waals surface area contributed by atoms with Crippen molar-refractivity contribution in [3.05, 3.63) is 58.7 Å². The molecule has 0 radical (unpaired) electrons. The smallest absolute Gasteiger partial charge is 0.389 e. The van der Waals surface area contributed by atoms with Gasteiger partial charge in [0.15, 0.2) is 5.76 Å². The Hall–Kier alpha value is -3.54. The largest absolute Gasteiger partial charge is 0.463 e.